The Morgan fingerprint density at radius 3 is 2.47 bits per heavy atom. The van der Waals surface area contributed by atoms with Crippen molar-refractivity contribution in [3.63, 3.8) is 0 Å². The summed E-state index contributed by atoms with van der Waals surface area (Å²) in [5.41, 5.74) is 9.48. The molecule has 0 atom stereocenters. The van der Waals surface area contributed by atoms with Gasteiger partial charge in [-0.2, -0.15) is 0 Å². The van der Waals surface area contributed by atoms with Gasteiger partial charge in [0.15, 0.2) is 11.5 Å². The SMILES string of the molecule is CCOc1cc2c(cc1OC)-c1cc(=Nc3c(C)cc(C)cc3C)n(CCNO)c(=O)n1CC2. The largest absolute Gasteiger partial charge is 0.493 e. The molecule has 2 aromatic carbocycles. The molecule has 0 saturated carbocycles. The van der Waals surface area contributed by atoms with Crippen molar-refractivity contribution in [2.75, 3.05) is 20.3 Å². The highest BCUT2D eigenvalue weighted by Crippen LogP contribution is 2.37. The van der Waals surface area contributed by atoms with Crippen LogP contribution < -0.4 is 26.1 Å². The van der Waals surface area contributed by atoms with Gasteiger partial charge in [-0.1, -0.05) is 17.7 Å². The summed E-state index contributed by atoms with van der Waals surface area (Å²) in [5.74, 6) is 1.33. The fraction of sp³-hybridized carbons (Fsp3) is 0.385. The van der Waals surface area contributed by atoms with Crippen molar-refractivity contribution in [1.29, 1.82) is 0 Å². The fourth-order valence-electron chi connectivity index (χ4n) is 4.70. The maximum Gasteiger partial charge on any atom is 0.330 e. The van der Waals surface area contributed by atoms with Crippen molar-refractivity contribution in [3.8, 4) is 22.8 Å². The molecule has 4 rings (SSSR count). The number of hydroxylamine groups is 1. The molecule has 0 spiro atoms. The minimum absolute atomic E-state index is 0.160. The molecule has 1 aromatic heterocycles. The van der Waals surface area contributed by atoms with Crippen LogP contribution in [0.1, 0.15) is 29.2 Å². The molecule has 0 aliphatic carbocycles. The van der Waals surface area contributed by atoms with Gasteiger partial charge in [0, 0.05) is 31.3 Å². The van der Waals surface area contributed by atoms with Crippen molar-refractivity contribution in [3.05, 3.63) is 68.6 Å². The smallest absolute Gasteiger partial charge is 0.330 e. The first kappa shape index (κ1) is 23.8. The molecule has 2 heterocycles. The third-order valence-corrected chi connectivity index (χ3v) is 6.17. The normalized spacial score (nSPS) is 12.9. The average molecular weight is 465 g/mol. The van der Waals surface area contributed by atoms with Crippen molar-refractivity contribution >= 4 is 5.69 Å². The molecule has 1 aliphatic rings. The van der Waals surface area contributed by atoms with Gasteiger partial charge in [-0.25, -0.2) is 15.3 Å². The molecule has 0 radical (unpaired) electrons. The lowest BCUT2D eigenvalue weighted by molar-refractivity contribution is 0.161. The Bertz CT molecular complexity index is 1330. The van der Waals surface area contributed by atoms with E-state index in [4.69, 9.17) is 14.5 Å². The predicted octanol–water partition coefficient (Wildman–Crippen LogP) is 3.42. The van der Waals surface area contributed by atoms with Gasteiger partial charge in [0.05, 0.1) is 25.1 Å². The highest BCUT2D eigenvalue weighted by atomic mass is 16.5. The van der Waals surface area contributed by atoms with E-state index in [2.05, 4.69) is 24.5 Å². The highest BCUT2D eigenvalue weighted by Gasteiger charge is 2.22. The van der Waals surface area contributed by atoms with E-state index in [9.17, 15) is 10.0 Å². The van der Waals surface area contributed by atoms with E-state index in [-0.39, 0.29) is 18.8 Å². The van der Waals surface area contributed by atoms with Gasteiger partial charge in [-0.05, 0) is 62.9 Å². The van der Waals surface area contributed by atoms with Crippen LogP contribution >= 0.6 is 0 Å². The number of aryl methyl sites for hydroxylation is 4. The van der Waals surface area contributed by atoms with Crippen LogP contribution in [0.4, 0.5) is 5.69 Å². The van der Waals surface area contributed by atoms with Gasteiger partial charge >= 0.3 is 5.69 Å². The molecule has 2 N–H and O–H groups in total. The highest BCUT2D eigenvalue weighted by molar-refractivity contribution is 5.70. The van der Waals surface area contributed by atoms with E-state index in [0.717, 1.165) is 33.6 Å². The zero-order valence-electron chi connectivity index (χ0n) is 20.4. The summed E-state index contributed by atoms with van der Waals surface area (Å²) < 4.78 is 14.7. The Kier molecular flexibility index (Phi) is 6.90. The summed E-state index contributed by atoms with van der Waals surface area (Å²) in [6.07, 6.45) is 0.706. The molecule has 0 fully saturated rings. The van der Waals surface area contributed by atoms with Gasteiger partial charge in [0.1, 0.15) is 5.49 Å². The second-order valence-electron chi connectivity index (χ2n) is 8.58. The lowest BCUT2D eigenvalue weighted by Gasteiger charge is -2.25. The third kappa shape index (κ3) is 4.38. The third-order valence-electron chi connectivity index (χ3n) is 6.17. The monoisotopic (exact) mass is 464 g/mol. The van der Waals surface area contributed by atoms with E-state index in [1.54, 1.807) is 16.2 Å². The number of aromatic nitrogens is 2. The molecule has 8 heteroatoms. The first-order valence-electron chi connectivity index (χ1n) is 11.6. The number of nitrogens with one attached hydrogen (secondary N) is 1. The van der Waals surface area contributed by atoms with Crippen LogP contribution in [0.5, 0.6) is 11.5 Å². The quantitative estimate of drug-likeness (QED) is 0.523. The Morgan fingerprint density at radius 1 is 1.09 bits per heavy atom. The van der Waals surface area contributed by atoms with Crippen LogP contribution in [0.25, 0.3) is 11.3 Å². The molecule has 0 saturated heterocycles. The second-order valence-corrected chi connectivity index (χ2v) is 8.58. The molecule has 180 valence electrons. The number of hydrogen-bond acceptors (Lipinski definition) is 6. The lowest BCUT2D eigenvalue weighted by Crippen LogP contribution is -2.43. The summed E-state index contributed by atoms with van der Waals surface area (Å²) in [5, 5.41) is 9.19. The van der Waals surface area contributed by atoms with Crippen molar-refractivity contribution in [2.24, 2.45) is 4.99 Å². The summed E-state index contributed by atoms with van der Waals surface area (Å²) in [7, 11) is 1.62. The number of benzene rings is 2. The van der Waals surface area contributed by atoms with Crippen LogP contribution in [0.15, 0.2) is 40.1 Å². The number of methoxy groups -OCH3 is 1. The van der Waals surface area contributed by atoms with Crippen molar-refractivity contribution in [2.45, 2.75) is 47.2 Å². The molecule has 0 bridgehead atoms. The maximum atomic E-state index is 13.6. The Hall–Kier alpha value is -3.36. The summed E-state index contributed by atoms with van der Waals surface area (Å²) in [4.78, 5) is 18.5. The standard InChI is InChI=1S/C26H32N4O4/c1-6-34-23-13-19-7-9-29-21(20(19)14-22(23)33-5)15-24(30(26(29)31)10-8-27-32)28-25-17(3)11-16(2)12-18(25)4/h11-15,27,32H,6-10H2,1-5H3. The predicted molar refractivity (Wildman–Crippen MR) is 131 cm³/mol. The van der Waals surface area contributed by atoms with Gasteiger partial charge in [0.25, 0.3) is 0 Å². The molecule has 0 unspecified atom stereocenters. The first-order chi connectivity index (χ1) is 16.4. The molecule has 34 heavy (non-hydrogen) atoms. The van der Waals surface area contributed by atoms with Gasteiger partial charge in [0.2, 0.25) is 0 Å². The summed E-state index contributed by atoms with van der Waals surface area (Å²) >= 11 is 0. The lowest BCUT2D eigenvalue weighted by atomic mass is 9.97. The van der Waals surface area contributed by atoms with Crippen LogP contribution in [0.3, 0.4) is 0 Å². The Labute approximate surface area is 199 Å². The van der Waals surface area contributed by atoms with Crippen molar-refractivity contribution in [1.82, 2.24) is 14.6 Å². The first-order valence-corrected chi connectivity index (χ1v) is 11.6. The van der Waals surface area contributed by atoms with Crippen LogP contribution in [0.2, 0.25) is 0 Å². The number of ether oxygens (including phenoxy) is 2. The van der Waals surface area contributed by atoms with Crippen LogP contribution in [-0.4, -0.2) is 34.6 Å². The molecular formula is C26H32N4O4. The van der Waals surface area contributed by atoms with E-state index >= 15 is 0 Å². The number of hydrogen-bond donors (Lipinski definition) is 2. The van der Waals surface area contributed by atoms with E-state index in [1.807, 2.05) is 39.0 Å². The Morgan fingerprint density at radius 2 is 1.82 bits per heavy atom. The minimum atomic E-state index is -0.160. The Balaban J connectivity index is 1.99. The van der Waals surface area contributed by atoms with Gasteiger partial charge < -0.3 is 14.7 Å². The van der Waals surface area contributed by atoms with Crippen LogP contribution in [0, 0.1) is 20.8 Å². The summed E-state index contributed by atoms with van der Waals surface area (Å²) in [6.45, 7) is 9.67. The molecule has 1 aliphatic heterocycles. The van der Waals surface area contributed by atoms with Gasteiger partial charge in [-0.15, -0.1) is 0 Å². The maximum absolute atomic E-state index is 13.6. The molecule has 3 aromatic rings. The molecule has 0 amide bonds. The zero-order chi connectivity index (χ0) is 24.4. The van der Waals surface area contributed by atoms with Crippen molar-refractivity contribution < 1.29 is 14.7 Å². The zero-order valence-corrected chi connectivity index (χ0v) is 20.4. The van der Waals surface area contributed by atoms with E-state index in [1.165, 1.54) is 5.56 Å². The van der Waals surface area contributed by atoms with Gasteiger partial charge in [-0.3, -0.25) is 9.13 Å². The number of rotatable bonds is 7. The fourth-order valence-corrected chi connectivity index (χ4v) is 4.70. The minimum Gasteiger partial charge on any atom is -0.493 e. The summed E-state index contributed by atoms with van der Waals surface area (Å²) in [6, 6.07) is 10.1. The average Bonchev–Trinajstić information content (AvgIpc) is 2.80. The van der Waals surface area contributed by atoms with Crippen LogP contribution in [-0.2, 0) is 19.5 Å². The molecule has 8 nitrogen and oxygen atoms in total. The van der Waals surface area contributed by atoms with E-state index < -0.39 is 0 Å². The number of fused-ring (bicyclic) bond motifs is 3. The van der Waals surface area contributed by atoms with E-state index in [0.29, 0.717) is 36.6 Å². The second kappa shape index (κ2) is 9.87. The topological polar surface area (TPSA) is 90.0 Å². The molecular weight excluding hydrogens is 432 g/mol. The number of nitrogens with zero attached hydrogens (tertiary/aromatic N) is 3.